The molecule has 8 nitrogen and oxygen atoms in total. The Morgan fingerprint density at radius 3 is 2.61 bits per heavy atom. The van der Waals surface area contributed by atoms with Crippen molar-refractivity contribution in [3.63, 3.8) is 0 Å². The molecule has 1 N–H and O–H groups in total. The Bertz CT molecular complexity index is 1370. The molecule has 2 atom stereocenters. The van der Waals surface area contributed by atoms with Gasteiger partial charge in [-0.1, -0.05) is 30.3 Å². The minimum Gasteiger partial charge on any atom is -0.493 e. The summed E-state index contributed by atoms with van der Waals surface area (Å²) in [6.07, 6.45) is 0.743. The summed E-state index contributed by atoms with van der Waals surface area (Å²) in [6.45, 7) is 1.05. The van der Waals surface area contributed by atoms with E-state index in [-0.39, 0.29) is 18.6 Å². The van der Waals surface area contributed by atoms with Crippen LogP contribution in [0.4, 0.5) is 0 Å². The van der Waals surface area contributed by atoms with Crippen LogP contribution in [0.15, 0.2) is 54.6 Å². The lowest BCUT2D eigenvalue weighted by Gasteiger charge is -2.45. The van der Waals surface area contributed by atoms with Crippen molar-refractivity contribution in [3.05, 3.63) is 82.4 Å². The molecule has 0 saturated heterocycles. The normalized spacial score (nSPS) is 19.2. The summed E-state index contributed by atoms with van der Waals surface area (Å²) in [5, 5.41) is 3.10. The summed E-state index contributed by atoms with van der Waals surface area (Å²) in [6, 6.07) is 16.7. The Morgan fingerprint density at radius 1 is 1.00 bits per heavy atom. The maximum atomic E-state index is 13.9. The van der Waals surface area contributed by atoms with E-state index in [0.29, 0.717) is 47.2 Å². The molecule has 0 bridgehead atoms. The Labute approximate surface area is 208 Å². The largest absolute Gasteiger partial charge is 0.493 e. The molecular formula is C28H26N2O6. The van der Waals surface area contributed by atoms with E-state index in [4.69, 9.17) is 18.9 Å². The molecule has 0 aliphatic carbocycles. The number of methoxy groups -OCH3 is 2. The van der Waals surface area contributed by atoms with Gasteiger partial charge in [-0.05, 0) is 52.9 Å². The number of nitrogens with one attached hydrogen (secondary N) is 1. The minimum absolute atomic E-state index is 0.106. The van der Waals surface area contributed by atoms with Crippen molar-refractivity contribution < 1.29 is 28.5 Å². The zero-order chi connectivity index (χ0) is 24.8. The minimum atomic E-state index is -0.618. The second kappa shape index (κ2) is 8.78. The van der Waals surface area contributed by atoms with Crippen molar-refractivity contribution in [2.45, 2.75) is 24.9 Å². The van der Waals surface area contributed by atoms with Crippen LogP contribution in [0.5, 0.6) is 23.0 Å². The van der Waals surface area contributed by atoms with Crippen LogP contribution >= 0.6 is 0 Å². The van der Waals surface area contributed by atoms with Gasteiger partial charge >= 0.3 is 0 Å². The Morgan fingerprint density at radius 2 is 1.78 bits per heavy atom. The molecule has 3 aromatic carbocycles. The molecule has 0 aromatic heterocycles. The van der Waals surface area contributed by atoms with E-state index < -0.39 is 12.0 Å². The number of nitrogens with zero attached hydrogens (tertiary/aromatic N) is 1. The fourth-order valence-corrected chi connectivity index (χ4v) is 5.48. The molecule has 36 heavy (non-hydrogen) atoms. The van der Waals surface area contributed by atoms with E-state index in [1.54, 1.807) is 19.2 Å². The molecule has 3 heterocycles. The number of amides is 2. The van der Waals surface area contributed by atoms with Crippen molar-refractivity contribution in [1.29, 1.82) is 0 Å². The van der Waals surface area contributed by atoms with Crippen LogP contribution in [0.2, 0.25) is 0 Å². The van der Waals surface area contributed by atoms with Crippen LogP contribution in [0.25, 0.3) is 0 Å². The highest BCUT2D eigenvalue weighted by molar-refractivity contribution is 6.02. The topological polar surface area (TPSA) is 86.3 Å². The first-order valence-electron chi connectivity index (χ1n) is 11.9. The van der Waals surface area contributed by atoms with Crippen LogP contribution < -0.4 is 24.3 Å². The highest BCUT2D eigenvalue weighted by Gasteiger charge is 2.46. The molecule has 8 heteroatoms. The first-order valence-corrected chi connectivity index (χ1v) is 11.9. The molecule has 0 saturated carbocycles. The Hall–Kier alpha value is -4.20. The van der Waals surface area contributed by atoms with Gasteiger partial charge in [-0.3, -0.25) is 9.59 Å². The van der Waals surface area contributed by atoms with Crippen molar-refractivity contribution in [2.75, 3.05) is 27.6 Å². The van der Waals surface area contributed by atoms with Gasteiger partial charge in [0.15, 0.2) is 23.0 Å². The van der Waals surface area contributed by atoms with Crippen LogP contribution in [0, 0.1) is 0 Å². The second-order valence-corrected chi connectivity index (χ2v) is 9.07. The van der Waals surface area contributed by atoms with Crippen LogP contribution in [-0.4, -0.2) is 44.3 Å². The van der Waals surface area contributed by atoms with Gasteiger partial charge < -0.3 is 29.2 Å². The molecule has 0 fully saturated rings. The highest BCUT2D eigenvalue weighted by Crippen LogP contribution is 2.48. The smallest absolute Gasteiger partial charge is 0.254 e. The maximum Gasteiger partial charge on any atom is 0.254 e. The predicted molar refractivity (Wildman–Crippen MR) is 131 cm³/mol. The van der Waals surface area contributed by atoms with Gasteiger partial charge in [-0.15, -0.1) is 0 Å². The molecule has 2 amide bonds. The van der Waals surface area contributed by atoms with Crippen LogP contribution in [-0.2, 0) is 17.8 Å². The molecule has 2 unspecified atom stereocenters. The average Bonchev–Trinajstić information content (AvgIpc) is 3.39. The van der Waals surface area contributed by atoms with Crippen molar-refractivity contribution in [3.8, 4) is 23.0 Å². The number of rotatable bonds is 5. The third kappa shape index (κ3) is 3.52. The molecule has 6 rings (SSSR count). The van der Waals surface area contributed by atoms with E-state index >= 15 is 0 Å². The van der Waals surface area contributed by atoms with Gasteiger partial charge in [0.1, 0.15) is 0 Å². The van der Waals surface area contributed by atoms with E-state index in [0.717, 1.165) is 23.1 Å². The van der Waals surface area contributed by atoms with Crippen LogP contribution in [0.3, 0.4) is 0 Å². The van der Waals surface area contributed by atoms with E-state index in [1.165, 1.54) is 7.11 Å². The fourth-order valence-electron chi connectivity index (χ4n) is 5.48. The number of fused-ring (bicyclic) bond motifs is 5. The summed E-state index contributed by atoms with van der Waals surface area (Å²) in [4.78, 5) is 29.4. The van der Waals surface area contributed by atoms with Crippen molar-refractivity contribution in [2.24, 2.45) is 0 Å². The number of carbonyl (C=O) groups is 2. The summed E-state index contributed by atoms with van der Waals surface area (Å²) in [5.74, 6) is 1.41. The van der Waals surface area contributed by atoms with E-state index in [1.807, 2.05) is 41.3 Å². The predicted octanol–water partition coefficient (Wildman–Crippen LogP) is 3.59. The standard InChI is InChI=1S/C28H26N2O6/c1-33-22-12-19-20(13-23(22)34-2)28(32)30-10-9-17-5-3-4-6-18(17)26(30)25(19)27(31)29-14-16-7-8-21-24(11-16)36-15-35-21/h3-8,11-13,25-26H,9-10,14-15H2,1-2H3,(H,29,31). The summed E-state index contributed by atoms with van der Waals surface area (Å²) in [7, 11) is 3.08. The lowest BCUT2D eigenvalue weighted by atomic mass is 9.75. The maximum absolute atomic E-state index is 13.9. The lowest BCUT2D eigenvalue weighted by Crippen LogP contribution is -2.50. The summed E-state index contributed by atoms with van der Waals surface area (Å²) in [5.41, 5.74) is 4.16. The van der Waals surface area contributed by atoms with Gasteiger partial charge in [-0.25, -0.2) is 0 Å². The van der Waals surface area contributed by atoms with E-state index in [9.17, 15) is 9.59 Å². The van der Waals surface area contributed by atoms with Crippen LogP contribution in [0.1, 0.15) is 44.6 Å². The van der Waals surface area contributed by atoms with Crippen molar-refractivity contribution in [1.82, 2.24) is 10.2 Å². The molecule has 3 aromatic rings. The van der Waals surface area contributed by atoms with Gasteiger partial charge in [0.05, 0.1) is 26.2 Å². The Balaban J connectivity index is 1.41. The zero-order valence-electron chi connectivity index (χ0n) is 20.1. The third-order valence-electron chi connectivity index (χ3n) is 7.22. The fraction of sp³-hybridized carbons (Fsp3) is 0.286. The number of hydrogen-bond donors (Lipinski definition) is 1. The number of ether oxygens (including phenoxy) is 4. The van der Waals surface area contributed by atoms with E-state index in [2.05, 4.69) is 11.4 Å². The number of hydrogen-bond acceptors (Lipinski definition) is 6. The monoisotopic (exact) mass is 486 g/mol. The second-order valence-electron chi connectivity index (χ2n) is 9.07. The number of carbonyl (C=O) groups excluding carboxylic acids is 2. The number of benzene rings is 3. The molecule has 0 radical (unpaired) electrons. The van der Waals surface area contributed by atoms with Gasteiger partial charge in [0.2, 0.25) is 12.7 Å². The van der Waals surface area contributed by atoms with Crippen molar-refractivity contribution >= 4 is 11.8 Å². The third-order valence-corrected chi connectivity index (χ3v) is 7.22. The molecular weight excluding hydrogens is 460 g/mol. The SMILES string of the molecule is COc1cc2c(cc1OC)C(C(=O)NCc1ccc3c(c1)OCO3)C1c3ccccc3CCN1C2=O. The molecule has 3 aliphatic heterocycles. The summed E-state index contributed by atoms with van der Waals surface area (Å²) < 4.78 is 21.9. The first kappa shape index (κ1) is 22.3. The first-order chi connectivity index (χ1) is 17.6. The lowest BCUT2D eigenvalue weighted by molar-refractivity contribution is -0.124. The molecule has 0 spiro atoms. The zero-order valence-corrected chi connectivity index (χ0v) is 20.1. The Kier molecular flexibility index (Phi) is 5.44. The summed E-state index contributed by atoms with van der Waals surface area (Å²) >= 11 is 0. The highest BCUT2D eigenvalue weighted by atomic mass is 16.7. The van der Waals surface area contributed by atoms with Gasteiger partial charge in [0.25, 0.3) is 5.91 Å². The van der Waals surface area contributed by atoms with Gasteiger partial charge in [0, 0.05) is 18.7 Å². The average molecular weight is 487 g/mol. The molecule has 184 valence electrons. The van der Waals surface area contributed by atoms with Gasteiger partial charge in [-0.2, -0.15) is 0 Å². The quantitative estimate of drug-likeness (QED) is 0.593. The molecule has 3 aliphatic rings.